The lowest BCUT2D eigenvalue weighted by atomic mass is 9.87. The summed E-state index contributed by atoms with van der Waals surface area (Å²) in [6.07, 6.45) is -3.93. The highest BCUT2D eigenvalue weighted by molar-refractivity contribution is 5.80. The molecule has 0 aliphatic rings. The van der Waals surface area contributed by atoms with Gasteiger partial charge >= 0.3 is 6.18 Å². The zero-order valence-electron chi connectivity index (χ0n) is 16.8. The molecule has 8 heteroatoms. The van der Waals surface area contributed by atoms with Gasteiger partial charge in [0.25, 0.3) is 5.91 Å². The Balaban J connectivity index is 1.92. The first-order valence-corrected chi connectivity index (χ1v) is 9.14. The van der Waals surface area contributed by atoms with Gasteiger partial charge in [-0.05, 0) is 36.1 Å². The standard InChI is InChI=1S/C21H25F3N2O3/c1-14(29-17-9-7-16(8-10-17)20(2,3)4)18(27)26-12-15-6-5-11-25-19(15)28-13-21(22,23)24/h5-11,14H,12-13H2,1-4H3,(H,26,27). The Kier molecular flexibility index (Phi) is 7.11. The van der Waals surface area contributed by atoms with E-state index in [4.69, 9.17) is 9.47 Å². The molecule has 1 amide bonds. The molecule has 1 atom stereocenters. The number of amides is 1. The van der Waals surface area contributed by atoms with Gasteiger partial charge in [0, 0.05) is 18.3 Å². The molecule has 0 fully saturated rings. The number of hydrogen-bond acceptors (Lipinski definition) is 4. The van der Waals surface area contributed by atoms with Crippen LogP contribution in [-0.2, 0) is 16.8 Å². The minimum absolute atomic E-state index is 0.0110. The third-order valence-corrected chi connectivity index (χ3v) is 4.08. The van der Waals surface area contributed by atoms with Crippen molar-refractivity contribution in [3.8, 4) is 11.6 Å². The second-order valence-electron chi connectivity index (χ2n) is 7.62. The van der Waals surface area contributed by atoms with Gasteiger partial charge in [-0.1, -0.05) is 39.0 Å². The van der Waals surface area contributed by atoms with Gasteiger partial charge in [-0.3, -0.25) is 4.79 Å². The van der Waals surface area contributed by atoms with Gasteiger partial charge in [-0.15, -0.1) is 0 Å². The summed E-state index contributed by atoms with van der Waals surface area (Å²) in [6, 6.07) is 10.6. The van der Waals surface area contributed by atoms with Gasteiger partial charge in [0.05, 0.1) is 0 Å². The molecule has 2 rings (SSSR count). The fourth-order valence-corrected chi connectivity index (χ4v) is 2.46. The van der Waals surface area contributed by atoms with Crippen LogP contribution in [0.5, 0.6) is 11.6 Å². The first kappa shape index (κ1) is 22.5. The maximum atomic E-state index is 12.4. The van der Waals surface area contributed by atoms with Crippen molar-refractivity contribution in [2.24, 2.45) is 0 Å². The summed E-state index contributed by atoms with van der Waals surface area (Å²) in [4.78, 5) is 16.1. The van der Waals surface area contributed by atoms with Crippen molar-refractivity contribution < 1.29 is 27.4 Å². The van der Waals surface area contributed by atoms with E-state index in [1.165, 1.54) is 12.3 Å². The molecule has 1 aromatic carbocycles. The molecular formula is C21H25F3N2O3. The molecule has 0 saturated carbocycles. The van der Waals surface area contributed by atoms with Crippen molar-refractivity contribution in [2.75, 3.05) is 6.61 Å². The molecule has 5 nitrogen and oxygen atoms in total. The number of alkyl halides is 3. The fourth-order valence-electron chi connectivity index (χ4n) is 2.46. The van der Waals surface area contributed by atoms with Crippen LogP contribution in [0, 0.1) is 0 Å². The number of pyridine rings is 1. The van der Waals surface area contributed by atoms with E-state index >= 15 is 0 Å². The van der Waals surface area contributed by atoms with E-state index < -0.39 is 24.8 Å². The average molecular weight is 410 g/mol. The van der Waals surface area contributed by atoms with Crippen LogP contribution in [-0.4, -0.2) is 29.8 Å². The summed E-state index contributed by atoms with van der Waals surface area (Å²) in [5.41, 5.74) is 1.49. The maximum absolute atomic E-state index is 12.4. The average Bonchev–Trinajstić information content (AvgIpc) is 2.64. The van der Waals surface area contributed by atoms with Crippen LogP contribution in [0.1, 0.15) is 38.8 Å². The van der Waals surface area contributed by atoms with Crippen molar-refractivity contribution in [1.82, 2.24) is 10.3 Å². The lowest BCUT2D eigenvalue weighted by Gasteiger charge is -2.20. The van der Waals surface area contributed by atoms with Crippen LogP contribution in [0.25, 0.3) is 0 Å². The molecule has 2 aromatic rings. The lowest BCUT2D eigenvalue weighted by Crippen LogP contribution is -2.36. The number of nitrogens with one attached hydrogen (secondary N) is 1. The molecule has 0 aliphatic heterocycles. The first-order valence-electron chi connectivity index (χ1n) is 9.14. The SMILES string of the molecule is CC(Oc1ccc(C(C)(C)C)cc1)C(=O)NCc1cccnc1OCC(F)(F)F. The summed E-state index contributed by atoms with van der Waals surface area (Å²) in [5, 5.41) is 2.63. The van der Waals surface area contributed by atoms with E-state index in [0.29, 0.717) is 11.3 Å². The molecular weight excluding hydrogens is 385 g/mol. The zero-order chi connectivity index (χ0) is 21.7. The predicted octanol–water partition coefficient (Wildman–Crippen LogP) is 4.40. The minimum atomic E-state index is -4.47. The molecule has 0 bridgehead atoms. The van der Waals surface area contributed by atoms with E-state index in [2.05, 4.69) is 31.1 Å². The zero-order valence-corrected chi connectivity index (χ0v) is 16.8. The quantitative estimate of drug-likeness (QED) is 0.735. The van der Waals surface area contributed by atoms with Crippen LogP contribution < -0.4 is 14.8 Å². The Bertz CT molecular complexity index is 815. The van der Waals surface area contributed by atoms with Gasteiger partial charge in [0.15, 0.2) is 12.7 Å². The number of carbonyl (C=O) groups excluding carboxylic acids is 1. The van der Waals surface area contributed by atoms with Gasteiger partial charge in [0.2, 0.25) is 5.88 Å². The Morgan fingerprint density at radius 2 is 1.79 bits per heavy atom. The van der Waals surface area contributed by atoms with Crippen molar-refractivity contribution >= 4 is 5.91 Å². The lowest BCUT2D eigenvalue weighted by molar-refractivity contribution is -0.154. The van der Waals surface area contributed by atoms with Crippen LogP contribution in [0.4, 0.5) is 13.2 Å². The number of benzene rings is 1. The third-order valence-electron chi connectivity index (χ3n) is 4.08. The normalized spacial score (nSPS) is 12.9. The number of rotatable bonds is 7. The summed E-state index contributed by atoms with van der Waals surface area (Å²) >= 11 is 0. The number of hydrogen-bond donors (Lipinski definition) is 1. The molecule has 0 aliphatic carbocycles. The van der Waals surface area contributed by atoms with Crippen molar-refractivity contribution in [2.45, 2.75) is 51.9 Å². The molecule has 1 aromatic heterocycles. The maximum Gasteiger partial charge on any atom is 0.422 e. The number of carbonyl (C=O) groups is 1. The second-order valence-corrected chi connectivity index (χ2v) is 7.62. The molecule has 29 heavy (non-hydrogen) atoms. The summed E-state index contributed by atoms with van der Waals surface area (Å²) in [7, 11) is 0. The first-order chi connectivity index (χ1) is 13.5. The Morgan fingerprint density at radius 3 is 2.38 bits per heavy atom. The Labute approximate surface area is 168 Å². The van der Waals surface area contributed by atoms with Crippen LogP contribution in [0.15, 0.2) is 42.6 Å². The highest BCUT2D eigenvalue weighted by atomic mass is 19.4. The highest BCUT2D eigenvalue weighted by Crippen LogP contribution is 2.25. The largest absolute Gasteiger partial charge is 0.481 e. The van der Waals surface area contributed by atoms with Crippen LogP contribution in [0.3, 0.4) is 0 Å². The molecule has 1 unspecified atom stereocenters. The van der Waals surface area contributed by atoms with Gasteiger partial charge in [0.1, 0.15) is 5.75 Å². The second kappa shape index (κ2) is 9.15. The van der Waals surface area contributed by atoms with Crippen molar-refractivity contribution in [3.63, 3.8) is 0 Å². The van der Waals surface area contributed by atoms with Gasteiger partial charge in [-0.25, -0.2) is 4.98 Å². The molecule has 158 valence electrons. The van der Waals surface area contributed by atoms with E-state index in [-0.39, 0.29) is 17.8 Å². The summed E-state index contributed by atoms with van der Waals surface area (Å²) < 4.78 is 47.4. The fraction of sp³-hybridized carbons (Fsp3) is 0.429. The van der Waals surface area contributed by atoms with E-state index in [1.54, 1.807) is 25.1 Å². The topological polar surface area (TPSA) is 60.5 Å². The van der Waals surface area contributed by atoms with Crippen LogP contribution >= 0.6 is 0 Å². The number of aromatic nitrogens is 1. The Morgan fingerprint density at radius 1 is 1.14 bits per heavy atom. The Hall–Kier alpha value is -2.77. The molecule has 0 radical (unpaired) electrons. The van der Waals surface area contributed by atoms with Crippen LogP contribution in [0.2, 0.25) is 0 Å². The number of ether oxygens (including phenoxy) is 2. The summed E-state index contributed by atoms with van der Waals surface area (Å²) in [5.74, 6) is -0.0248. The van der Waals surface area contributed by atoms with E-state index in [1.807, 2.05) is 12.1 Å². The number of nitrogens with zero attached hydrogens (tertiary/aromatic N) is 1. The van der Waals surface area contributed by atoms with E-state index in [9.17, 15) is 18.0 Å². The monoisotopic (exact) mass is 410 g/mol. The van der Waals surface area contributed by atoms with Gasteiger partial charge < -0.3 is 14.8 Å². The molecule has 1 heterocycles. The molecule has 0 spiro atoms. The van der Waals surface area contributed by atoms with Crippen molar-refractivity contribution in [1.29, 1.82) is 0 Å². The molecule has 0 saturated heterocycles. The predicted molar refractivity (Wildman–Crippen MR) is 103 cm³/mol. The highest BCUT2D eigenvalue weighted by Gasteiger charge is 2.29. The minimum Gasteiger partial charge on any atom is -0.481 e. The third kappa shape index (κ3) is 7.29. The van der Waals surface area contributed by atoms with Gasteiger partial charge in [-0.2, -0.15) is 13.2 Å². The smallest absolute Gasteiger partial charge is 0.422 e. The summed E-state index contributed by atoms with van der Waals surface area (Å²) in [6.45, 7) is 6.42. The van der Waals surface area contributed by atoms with E-state index in [0.717, 1.165) is 5.56 Å². The van der Waals surface area contributed by atoms with Crippen molar-refractivity contribution in [3.05, 3.63) is 53.7 Å². The molecule has 1 N–H and O–H groups in total. The number of halogens is 3.